The summed E-state index contributed by atoms with van der Waals surface area (Å²) in [6, 6.07) is 4.83. The van der Waals surface area contributed by atoms with E-state index < -0.39 is 5.97 Å². The zero-order valence-electron chi connectivity index (χ0n) is 7.61. The maximum atomic E-state index is 10.1. The van der Waals surface area contributed by atoms with Crippen molar-refractivity contribution in [1.82, 2.24) is 0 Å². The number of aliphatic carboxylic acids is 1. The zero-order valence-corrected chi connectivity index (χ0v) is 9.13. The molecule has 0 saturated carbocycles. The van der Waals surface area contributed by atoms with E-state index in [2.05, 4.69) is 0 Å². The number of carbonyl (C=O) groups is 1. The third-order valence-electron chi connectivity index (χ3n) is 1.50. The van der Waals surface area contributed by atoms with E-state index >= 15 is 0 Å². The maximum Gasteiger partial charge on any atom is 0.328 e. The van der Waals surface area contributed by atoms with E-state index in [-0.39, 0.29) is 6.61 Å². The van der Waals surface area contributed by atoms with Gasteiger partial charge in [0.1, 0.15) is 12.4 Å². The van der Waals surface area contributed by atoms with Crippen LogP contribution in [0, 0.1) is 0 Å². The monoisotopic (exact) mass is 246 g/mol. The molecule has 1 rings (SSSR count). The van der Waals surface area contributed by atoms with Gasteiger partial charge < -0.3 is 9.84 Å². The molecule has 5 heteroatoms. The van der Waals surface area contributed by atoms with Crippen molar-refractivity contribution in [1.29, 1.82) is 0 Å². The lowest BCUT2D eigenvalue weighted by Crippen LogP contribution is -1.95. The van der Waals surface area contributed by atoms with Crippen LogP contribution in [0.3, 0.4) is 0 Å². The molecule has 3 nitrogen and oxygen atoms in total. The number of benzene rings is 1. The van der Waals surface area contributed by atoms with Crippen molar-refractivity contribution < 1.29 is 14.6 Å². The van der Waals surface area contributed by atoms with Gasteiger partial charge in [-0.25, -0.2) is 4.79 Å². The maximum absolute atomic E-state index is 10.1. The number of hydrogen-bond donors (Lipinski definition) is 1. The van der Waals surface area contributed by atoms with Gasteiger partial charge in [0.15, 0.2) is 0 Å². The minimum absolute atomic E-state index is 0.171. The Morgan fingerprint density at radius 1 is 1.40 bits per heavy atom. The van der Waals surface area contributed by atoms with Crippen molar-refractivity contribution in [2.24, 2.45) is 0 Å². The van der Waals surface area contributed by atoms with Crippen molar-refractivity contribution in [2.45, 2.75) is 0 Å². The Kier molecular flexibility index (Phi) is 4.46. The van der Waals surface area contributed by atoms with Crippen LogP contribution in [0.4, 0.5) is 0 Å². The fourth-order valence-corrected chi connectivity index (χ4v) is 1.15. The highest BCUT2D eigenvalue weighted by Gasteiger charge is 1.99. The van der Waals surface area contributed by atoms with Crippen molar-refractivity contribution in [3.8, 4) is 5.75 Å². The van der Waals surface area contributed by atoms with E-state index in [1.807, 2.05) is 0 Å². The second kappa shape index (κ2) is 5.63. The summed E-state index contributed by atoms with van der Waals surface area (Å²) in [5.74, 6) is -0.466. The van der Waals surface area contributed by atoms with E-state index in [0.29, 0.717) is 15.8 Å². The van der Waals surface area contributed by atoms with Gasteiger partial charge in [0, 0.05) is 12.1 Å². The Hall–Kier alpha value is -1.19. The SMILES string of the molecule is O=C(O)/C=C/COc1ccc(Cl)c(Cl)c1. The predicted molar refractivity (Wildman–Crippen MR) is 58.7 cm³/mol. The number of rotatable bonds is 4. The van der Waals surface area contributed by atoms with Crippen LogP contribution in [-0.2, 0) is 4.79 Å². The molecule has 1 N–H and O–H groups in total. The third kappa shape index (κ3) is 4.23. The summed E-state index contributed by atoms with van der Waals surface area (Å²) >= 11 is 11.5. The minimum atomic E-state index is -1.01. The quantitative estimate of drug-likeness (QED) is 0.832. The molecule has 0 bridgehead atoms. The molecule has 0 heterocycles. The topological polar surface area (TPSA) is 46.5 Å². The van der Waals surface area contributed by atoms with Gasteiger partial charge >= 0.3 is 5.97 Å². The highest BCUT2D eigenvalue weighted by Crippen LogP contribution is 2.26. The van der Waals surface area contributed by atoms with Gasteiger partial charge in [-0.15, -0.1) is 0 Å². The Balaban J connectivity index is 2.51. The molecule has 0 aliphatic carbocycles. The number of ether oxygens (including phenoxy) is 1. The van der Waals surface area contributed by atoms with Crippen molar-refractivity contribution in [3.05, 3.63) is 40.4 Å². The summed E-state index contributed by atoms with van der Waals surface area (Å²) < 4.78 is 5.20. The second-order valence-corrected chi connectivity index (χ2v) is 3.44. The molecule has 1 aromatic carbocycles. The minimum Gasteiger partial charge on any atom is -0.489 e. The van der Waals surface area contributed by atoms with Gasteiger partial charge in [0.2, 0.25) is 0 Å². The Labute approximate surface area is 96.9 Å². The van der Waals surface area contributed by atoms with E-state index in [9.17, 15) is 4.79 Å². The second-order valence-electron chi connectivity index (χ2n) is 2.63. The van der Waals surface area contributed by atoms with E-state index in [4.69, 9.17) is 33.0 Å². The Morgan fingerprint density at radius 2 is 2.13 bits per heavy atom. The largest absolute Gasteiger partial charge is 0.489 e. The fourth-order valence-electron chi connectivity index (χ4n) is 0.860. The van der Waals surface area contributed by atoms with E-state index in [1.54, 1.807) is 18.2 Å². The lowest BCUT2D eigenvalue weighted by Gasteiger charge is -2.03. The molecular weight excluding hydrogens is 239 g/mol. The number of carboxylic acid groups (broad SMARTS) is 1. The van der Waals surface area contributed by atoms with E-state index in [1.165, 1.54) is 6.08 Å². The molecule has 0 radical (unpaired) electrons. The van der Waals surface area contributed by atoms with Crippen LogP contribution in [0.25, 0.3) is 0 Å². The Bertz CT molecular complexity index is 388. The summed E-state index contributed by atoms with van der Waals surface area (Å²) in [5, 5.41) is 9.16. The molecule has 1 aromatic rings. The van der Waals surface area contributed by atoms with Crippen molar-refractivity contribution in [3.63, 3.8) is 0 Å². The number of hydrogen-bond acceptors (Lipinski definition) is 2. The number of halogens is 2. The molecule has 0 aliphatic rings. The normalized spacial score (nSPS) is 10.5. The zero-order chi connectivity index (χ0) is 11.3. The molecule has 15 heavy (non-hydrogen) atoms. The first-order chi connectivity index (χ1) is 7.09. The van der Waals surface area contributed by atoms with E-state index in [0.717, 1.165) is 6.08 Å². The lowest BCUT2D eigenvalue weighted by atomic mass is 10.3. The summed E-state index contributed by atoms with van der Waals surface area (Å²) in [6.45, 7) is 0.171. The Morgan fingerprint density at radius 3 is 2.73 bits per heavy atom. The molecule has 0 spiro atoms. The van der Waals surface area contributed by atoms with Gasteiger partial charge in [-0.05, 0) is 18.2 Å². The van der Waals surface area contributed by atoms with Crippen LogP contribution in [0.15, 0.2) is 30.4 Å². The average Bonchev–Trinajstić information content (AvgIpc) is 2.18. The van der Waals surface area contributed by atoms with Crippen LogP contribution in [-0.4, -0.2) is 17.7 Å². The molecule has 0 aliphatic heterocycles. The summed E-state index contributed by atoms with van der Waals surface area (Å²) in [4.78, 5) is 10.1. The standard InChI is InChI=1S/C10H8Cl2O3/c11-8-4-3-7(6-9(8)12)15-5-1-2-10(13)14/h1-4,6H,5H2,(H,13,14)/b2-1+. The van der Waals surface area contributed by atoms with Crippen LogP contribution in [0.5, 0.6) is 5.75 Å². The first kappa shape index (κ1) is 11.9. The first-order valence-corrected chi connectivity index (χ1v) is 4.82. The molecule has 0 fully saturated rings. The lowest BCUT2D eigenvalue weighted by molar-refractivity contribution is -0.131. The summed E-state index contributed by atoms with van der Waals surface area (Å²) in [6.07, 6.45) is 2.41. The van der Waals surface area contributed by atoms with Crippen LogP contribution in [0.1, 0.15) is 0 Å². The average molecular weight is 247 g/mol. The summed E-state index contributed by atoms with van der Waals surface area (Å²) in [5.41, 5.74) is 0. The van der Waals surface area contributed by atoms with Crippen molar-refractivity contribution >= 4 is 29.2 Å². The van der Waals surface area contributed by atoms with Gasteiger partial charge in [-0.1, -0.05) is 23.2 Å². The molecular formula is C10H8Cl2O3. The van der Waals surface area contributed by atoms with Crippen LogP contribution < -0.4 is 4.74 Å². The van der Waals surface area contributed by atoms with Crippen LogP contribution >= 0.6 is 23.2 Å². The number of carboxylic acids is 1. The smallest absolute Gasteiger partial charge is 0.328 e. The molecule has 0 aromatic heterocycles. The van der Waals surface area contributed by atoms with Crippen LogP contribution in [0.2, 0.25) is 10.0 Å². The predicted octanol–water partition coefficient (Wildman–Crippen LogP) is 3.01. The molecule has 80 valence electrons. The van der Waals surface area contributed by atoms with Gasteiger partial charge in [0.05, 0.1) is 10.0 Å². The molecule has 0 saturated heterocycles. The fraction of sp³-hybridized carbons (Fsp3) is 0.100. The third-order valence-corrected chi connectivity index (χ3v) is 2.24. The highest BCUT2D eigenvalue weighted by molar-refractivity contribution is 6.42. The molecule has 0 unspecified atom stereocenters. The molecule has 0 atom stereocenters. The molecule has 0 amide bonds. The first-order valence-electron chi connectivity index (χ1n) is 4.07. The van der Waals surface area contributed by atoms with Crippen molar-refractivity contribution in [2.75, 3.05) is 6.61 Å². The van der Waals surface area contributed by atoms with Gasteiger partial charge in [-0.2, -0.15) is 0 Å². The summed E-state index contributed by atoms with van der Waals surface area (Å²) in [7, 11) is 0. The van der Waals surface area contributed by atoms with Gasteiger partial charge in [-0.3, -0.25) is 0 Å². The highest BCUT2D eigenvalue weighted by atomic mass is 35.5. The van der Waals surface area contributed by atoms with Gasteiger partial charge in [0.25, 0.3) is 0 Å².